The lowest BCUT2D eigenvalue weighted by Gasteiger charge is -2.20. The van der Waals surface area contributed by atoms with Crippen LogP contribution in [0.25, 0.3) is 0 Å². The molecule has 0 aliphatic carbocycles. The first kappa shape index (κ1) is 16.9. The van der Waals surface area contributed by atoms with Gasteiger partial charge in [0.2, 0.25) is 0 Å². The predicted molar refractivity (Wildman–Crippen MR) is 61.3 cm³/mol. The Bertz CT molecular complexity index is 379. The van der Waals surface area contributed by atoms with Crippen molar-refractivity contribution >= 4 is 12.4 Å². The molecule has 0 amide bonds. The Labute approximate surface area is 107 Å². The highest BCUT2D eigenvalue weighted by atomic mass is 35.5. The summed E-state index contributed by atoms with van der Waals surface area (Å²) in [5.41, 5.74) is 11.0. The number of hydrogen-bond donors (Lipinski definition) is 2. The zero-order valence-electron chi connectivity index (χ0n) is 9.15. The summed E-state index contributed by atoms with van der Waals surface area (Å²) in [7, 11) is 0. The minimum atomic E-state index is -4.55. The Morgan fingerprint density at radius 1 is 1.22 bits per heavy atom. The van der Waals surface area contributed by atoms with E-state index in [-0.39, 0.29) is 24.5 Å². The number of hydrogen-bond acceptors (Lipinski definition) is 3. The molecule has 0 spiro atoms. The van der Waals surface area contributed by atoms with Crippen molar-refractivity contribution in [1.29, 1.82) is 0 Å². The van der Waals surface area contributed by atoms with Crippen molar-refractivity contribution in [3.63, 3.8) is 0 Å². The summed E-state index contributed by atoms with van der Waals surface area (Å²) in [5.74, 6) is -0.393. The van der Waals surface area contributed by atoms with Crippen molar-refractivity contribution in [3.8, 4) is 5.75 Å². The molecule has 4 N–H and O–H groups in total. The number of benzene rings is 1. The van der Waals surface area contributed by atoms with E-state index in [1.807, 2.05) is 0 Å². The number of nitrogens with two attached hydrogens (primary N) is 2. The van der Waals surface area contributed by atoms with Gasteiger partial charge in [0.05, 0.1) is 0 Å². The van der Waals surface area contributed by atoms with Crippen LogP contribution in [0.3, 0.4) is 0 Å². The fourth-order valence-corrected chi connectivity index (χ4v) is 1.20. The second-order valence-electron chi connectivity index (χ2n) is 3.34. The van der Waals surface area contributed by atoms with Crippen molar-refractivity contribution < 1.29 is 22.3 Å². The summed E-state index contributed by atoms with van der Waals surface area (Å²) < 4.78 is 53.4. The molecule has 0 bridgehead atoms. The van der Waals surface area contributed by atoms with Crippen LogP contribution in [0.1, 0.15) is 11.6 Å². The lowest BCUT2D eigenvalue weighted by atomic mass is 10.1. The van der Waals surface area contributed by atoms with E-state index in [1.165, 1.54) is 18.2 Å². The molecule has 0 heterocycles. The Hall–Kier alpha value is -1.05. The van der Waals surface area contributed by atoms with E-state index in [4.69, 9.17) is 11.5 Å². The zero-order valence-corrected chi connectivity index (χ0v) is 9.97. The fraction of sp³-hybridized carbons (Fsp3) is 0.400. The number of ether oxygens (including phenoxy) is 1. The summed E-state index contributed by atoms with van der Waals surface area (Å²) >= 11 is 0. The quantitative estimate of drug-likeness (QED) is 0.817. The molecular weight excluding hydrogens is 276 g/mol. The zero-order chi connectivity index (χ0) is 13.1. The first-order chi connectivity index (χ1) is 7.88. The van der Waals surface area contributed by atoms with Crippen molar-refractivity contribution in [2.45, 2.75) is 18.6 Å². The molecule has 0 aliphatic rings. The van der Waals surface area contributed by atoms with E-state index >= 15 is 0 Å². The summed E-state index contributed by atoms with van der Waals surface area (Å²) in [6.07, 6.45) is -8.46. The third kappa shape index (κ3) is 4.01. The van der Waals surface area contributed by atoms with Crippen molar-refractivity contribution in [2.24, 2.45) is 11.5 Å². The Morgan fingerprint density at radius 2 is 1.78 bits per heavy atom. The third-order valence-electron chi connectivity index (χ3n) is 2.07. The number of alkyl halides is 4. The van der Waals surface area contributed by atoms with Crippen molar-refractivity contribution in [2.75, 3.05) is 6.54 Å². The molecule has 1 atom stereocenters. The van der Waals surface area contributed by atoms with Crippen molar-refractivity contribution in [1.82, 2.24) is 0 Å². The second-order valence-corrected chi connectivity index (χ2v) is 3.34. The standard InChI is InChI=1S/C10H12F4N2O.ClH/c11-9(12)10(13,14)17-8-4-2-1-3-6(8)7(16)5-15;/h1-4,7,9H,5,15-16H2;1H/t7-;/m0./s1. The minimum Gasteiger partial charge on any atom is -0.428 e. The van der Waals surface area contributed by atoms with Crippen LogP contribution in [0.2, 0.25) is 0 Å². The molecule has 1 aromatic carbocycles. The van der Waals surface area contributed by atoms with E-state index in [9.17, 15) is 17.6 Å². The Morgan fingerprint density at radius 3 is 2.28 bits per heavy atom. The Balaban J connectivity index is 0.00000289. The van der Waals surface area contributed by atoms with Gasteiger partial charge >= 0.3 is 12.5 Å². The molecule has 18 heavy (non-hydrogen) atoms. The monoisotopic (exact) mass is 288 g/mol. The van der Waals surface area contributed by atoms with E-state index in [2.05, 4.69) is 4.74 Å². The third-order valence-corrected chi connectivity index (χ3v) is 2.07. The number of halogens is 5. The molecule has 104 valence electrons. The molecular formula is C10H13ClF4N2O. The van der Waals surface area contributed by atoms with Gasteiger partial charge in [0, 0.05) is 18.2 Å². The number of rotatable bonds is 5. The maximum Gasteiger partial charge on any atom is 0.461 e. The molecule has 0 unspecified atom stereocenters. The lowest BCUT2D eigenvalue weighted by Crippen LogP contribution is -2.34. The summed E-state index contributed by atoms with van der Waals surface area (Å²) in [4.78, 5) is 0. The molecule has 0 radical (unpaired) electrons. The highest BCUT2D eigenvalue weighted by Gasteiger charge is 2.44. The van der Waals surface area contributed by atoms with Crippen molar-refractivity contribution in [3.05, 3.63) is 29.8 Å². The van der Waals surface area contributed by atoms with E-state index in [1.54, 1.807) is 0 Å². The SMILES string of the molecule is Cl.NC[C@H](N)c1ccccc1OC(F)(F)C(F)F. The fourth-order valence-electron chi connectivity index (χ4n) is 1.20. The first-order valence-electron chi connectivity index (χ1n) is 4.78. The molecule has 1 aromatic rings. The highest BCUT2D eigenvalue weighted by Crippen LogP contribution is 2.31. The lowest BCUT2D eigenvalue weighted by molar-refractivity contribution is -0.253. The van der Waals surface area contributed by atoms with Gasteiger partial charge in [0.1, 0.15) is 5.75 Å². The van der Waals surface area contributed by atoms with Gasteiger partial charge in [0.15, 0.2) is 0 Å². The Kier molecular flexibility index (Phi) is 6.37. The average molecular weight is 289 g/mol. The summed E-state index contributed by atoms with van der Waals surface area (Å²) in [6.45, 7) is -0.0133. The van der Waals surface area contributed by atoms with Gasteiger partial charge in [-0.05, 0) is 6.07 Å². The summed E-state index contributed by atoms with van der Waals surface area (Å²) in [5, 5.41) is 0. The maximum absolute atomic E-state index is 12.7. The normalized spacial score (nSPS) is 13.1. The van der Waals surface area contributed by atoms with Crippen LogP contribution in [0.15, 0.2) is 24.3 Å². The summed E-state index contributed by atoms with van der Waals surface area (Å²) in [6, 6.07) is 4.69. The highest BCUT2D eigenvalue weighted by molar-refractivity contribution is 5.85. The maximum atomic E-state index is 12.7. The molecule has 3 nitrogen and oxygen atoms in total. The van der Waals surface area contributed by atoms with Crippen LogP contribution >= 0.6 is 12.4 Å². The topological polar surface area (TPSA) is 61.3 Å². The molecule has 0 saturated carbocycles. The van der Waals surface area contributed by atoms with E-state index in [0.29, 0.717) is 0 Å². The van der Waals surface area contributed by atoms with Gasteiger partial charge in [-0.15, -0.1) is 12.4 Å². The molecule has 0 aliphatic heterocycles. The van der Waals surface area contributed by atoms with E-state index in [0.717, 1.165) is 6.07 Å². The smallest absolute Gasteiger partial charge is 0.428 e. The van der Waals surface area contributed by atoms with E-state index < -0.39 is 24.3 Å². The van der Waals surface area contributed by atoms with Crippen LogP contribution in [0.5, 0.6) is 5.75 Å². The van der Waals surface area contributed by atoms with Gasteiger partial charge in [-0.3, -0.25) is 0 Å². The largest absolute Gasteiger partial charge is 0.461 e. The van der Waals surface area contributed by atoms with Gasteiger partial charge in [0.25, 0.3) is 0 Å². The predicted octanol–water partition coefficient (Wildman–Crippen LogP) is 2.30. The average Bonchev–Trinajstić information content (AvgIpc) is 2.28. The first-order valence-corrected chi connectivity index (χ1v) is 4.78. The molecule has 0 saturated heterocycles. The van der Waals surface area contributed by atoms with Crippen LogP contribution < -0.4 is 16.2 Å². The van der Waals surface area contributed by atoms with Gasteiger partial charge < -0.3 is 16.2 Å². The minimum absolute atomic E-state index is 0. The van der Waals surface area contributed by atoms with Gasteiger partial charge in [-0.1, -0.05) is 18.2 Å². The van der Waals surface area contributed by atoms with Gasteiger partial charge in [-0.25, -0.2) is 0 Å². The molecule has 1 rings (SSSR count). The molecule has 0 aromatic heterocycles. The number of para-hydroxylation sites is 1. The second kappa shape index (κ2) is 6.77. The van der Waals surface area contributed by atoms with Gasteiger partial charge in [-0.2, -0.15) is 17.6 Å². The van der Waals surface area contributed by atoms with Crippen LogP contribution in [0.4, 0.5) is 17.6 Å². The van der Waals surface area contributed by atoms with Crippen LogP contribution in [0, 0.1) is 0 Å². The molecule has 8 heteroatoms. The molecule has 0 fully saturated rings. The van der Waals surface area contributed by atoms with Crippen LogP contribution in [-0.2, 0) is 0 Å². The van der Waals surface area contributed by atoms with Crippen LogP contribution in [-0.4, -0.2) is 19.1 Å².